The molecule has 4 rings (SSSR count). The van der Waals surface area contributed by atoms with Crippen molar-refractivity contribution in [1.82, 2.24) is 5.32 Å². The lowest BCUT2D eigenvalue weighted by Crippen LogP contribution is -2.43. The summed E-state index contributed by atoms with van der Waals surface area (Å²) in [6.07, 6.45) is 0. The zero-order valence-corrected chi connectivity index (χ0v) is 11.4. The summed E-state index contributed by atoms with van der Waals surface area (Å²) in [5.74, 6) is 0. The van der Waals surface area contributed by atoms with Crippen LogP contribution in [0, 0.1) is 6.07 Å². The smallest absolute Gasteiger partial charge is 0.0454 e. The van der Waals surface area contributed by atoms with Gasteiger partial charge in [0.2, 0.25) is 0 Å². The van der Waals surface area contributed by atoms with E-state index < -0.39 is 0 Å². The highest BCUT2D eigenvalue weighted by molar-refractivity contribution is 5.99. The maximum Gasteiger partial charge on any atom is 0.0454 e. The van der Waals surface area contributed by atoms with E-state index in [4.69, 9.17) is 0 Å². The minimum absolute atomic E-state index is 1.06. The van der Waals surface area contributed by atoms with E-state index in [0.717, 1.165) is 26.2 Å². The number of fused-ring (bicyclic) bond motifs is 2. The zero-order chi connectivity index (χ0) is 13.4. The number of hydrogen-bond donors (Lipinski definition) is 1. The standard InChI is InChI=1S/C18H17N2/c1-2-4-15-12-17-13-18(20-9-7-19-8-10-20)6-5-16(17)11-14(15)3-1/h1-6,11-12,19H,7-10H2. The molecule has 3 aromatic rings. The Kier molecular flexibility index (Phi) is 2.82. The lowest BCUT2D eigenvalue weighted by Gasteiger charge is -2.29. The third kappa shape index (κ3) is 2.02. The lowest BCUT2D eigenvalue weighted by molar-refractivity contribution is 0.589. The van der Waals surface area contributed by atoms with Gasteiger partial charge in [-0.25, -0.2) is 0 Å². The molecule has 0 atom stereocenters. The number of piperazine rings is 1. The molecule has 0 aliphatic carbocycles. The predicted octanol–water partition coefficient (Wildman–Crippen LogP) is 3.20. The second kappa shape index (κ2) is 4.80. The molecule has 20 heavy (non-hydrogen) atoms. The van der Waals surface area contributed by atoms with E-state index in [-0.39, 0.29) is 0 Å². The van der Waals surface area contributed by atoms with Crippen molar-refractivity contribution in [2.24, 2.45) is 0 Å². The molecule has 0 saturated carbocycles. The van der Waals surface area contributed by atoms with Gasteiger partial charge in [-0.05, 0) is 39.7 Å². The maximum absolute atomic E-state index is 3.59. The molecule has 0 spiro atoms. The Labute approximate surface area is 119 Å². The molecule has 1 heterocycles. The second-order valence-electron chi connectivity index (χ2n) is 5.37. The second-order valence-corrected chi connectivity index (χ2v) is 5.37. The molecule has 1 radical (unpaired) electrons. The zero-order valence-electron chi connectivity index (χ0n) is 11.4. The molecular weight excluding hydrogens is 244 g/mol. The molecule has 1 N–H and O–H groups in total. The van der Waals surface area contributed by atoms with E-state index in [2.05, 4.69) is 64.8 Å². The molecule has 2 heteroatoms. The van der Waals surface area contributed by atoms with Gasteiger partial charge < -0.3 is 10.2 Å². The average Bonchev–Trinajstić information content (AvgIpc) is 2.53. The van der Waals surface area contributed by atoms with Gasteiger partial charge in [0.1, 0.15) is 0 Å². The predicted molar refractivity (Wildman–Crippen MR) is 85.4 cm³/mol. The largest absolute Gasteiger partial charge is 0.368 e. The van der Waals surface area contributed by atoms with Gasteiger partial charge in [0.05, 0.1) is 0 Å². The number of nitrogens with one attached hydrogen (secondary N) is 1. The van der Waals surface area contributed by atoms with E-state index in [1.54, 1.807) is 0 Å². The van der Waals surface area contributed by atoms with Gasteiger partial charge in [0.15, 0.2) is 0 Å². The topological polar surface area (TPSA) is 15.3 Å². The summed E-state index contributed by atoms with van der Waals surface area (Å²) >= 11 is 0. The molecule has 1 fully saturated rings. The van der Waals surface area contributed by atoms with Crippen LogP contribution in [-0.2, 0) is 0 Å². The number of benzene rings is 3. The van der Waals surface area contributed by atoms with Crippen LogP contribution in [0.15, 0.2) is 48.5 Å². The molecule has 0 aromatic heterocycles. The van der Waals surface area contributed by atoms with Crippen molar-refractivity contribution in [3.05, 3.63) is 54.6 Å². The summed E-state index contributed by atoms with van der Waals surface area (Å²) < 4.78 is 0. The van der Waals surface area contributed by atoms with Crippen molar-refractivity contribution in [1.29, 1.82) is 0 Å². The first-order valence-corrected chi connectivity index (χ1v) is 7.21. The highest BCUT2D eigenvalue weighted by atomic mass is 15.2. The molecule has 1 aliphatic heterocycles. The molecule has 0 bridgehead atoms. The summed E-state index contributed by atoms with van der Waals surface area (Å²) in [4.78, 5) is 2.41. The van der Waals surface area contributed by atoms with Crippen LogP contribution in [0.5, 0.6) is 0 Å². The van der Waals surface area contributed by atoms with Gasteiger partial charge in [0.25, 0.3) is 0 Å². The minimum atomic E-state index is 1.06. The molecule has 0 unspecified atom stereocenters. The summed E-state index contributed by atoms with van der Waals surface area (Å²) in [7, 11) is 0. The van der Waals surface area contributed by atoms with Crippen LogP contribution in [0.4, 0.5) is 5.69 Å². The third-order valence-corrected chi connectivity index (χ3v) is 4.06. The van der Waals surface area contributed by atoms with Gasteiger partial charge in [-0.15, -0.1) is 0 Å². The van der Waals surface area contributed by atoms with Crippen LogP contribution in [0.2, 0.25) is 0 Å². The van der Waals surface area contributed by atoms with E-state index in [0.29, 0.717) is 0 Å². The van der Waals surface area contributed by atoms with Crippen molar-refractivity contribution in [2.75, 3.05) is 31.1 Å². The monoisotopic (exact) mass is 261 g/mol. The first kappa shape index (κ1) is 11.7. The van der Waals surface area contributed by atoms with Gasteiger partial charge in [-0.3, -0.25) is 0 Å². The minimum Gasteiger partial charge on any atom is -0.368 e. The summed E-state index contributed by atoms with van der Waals surface area (Å²) in [6.45, 7) is 4.25. The number of anilines is 1. The Balaban J connectivity index is 1.83. The number of rotatable bonds is 1. The van der Waals surface area contributed by atoms with Crippen molar-refractivity contribution in [3.8, 4) is 0 Å². The SMILES string of the molecule is [c]1c(N2CCNCC2)ccc2cc3ccccc3cc12. The van der Waals surface area contributed by atoms with Crippen molar-refractivity contribution in [2.45, 2.75) is 0 Å². The average molecular weight is 261 g/mol. The quantitative estimate of drug-likeness (QED) is 0.677. The highest BCUT2D eigenvalue weighted by Crippen LogP contribution is 2.26. The Bertz CT molecular complexity index is 758. The van der Waals surface area contributed by atoms with Crippen LogP contribution < -0.4 is 10.2 Å². The van der Waals surface area contributed by atoms with Crippen LogP contribution in [0.1, 0.15) is 0 Å². The fourth-order valence-electron chi connectivity index (χ4n) is 2.94. The van der Waals surface area contributed by atoms with Crippen molar-refractivity contribution in [3.63, 3.8) is 0 Å². The molecule has 1 saturated heterocycles. The summed E-state index contributed by atoms with van der Waals surface area (Å²) in [6, 6.07) is 21.0. The summed E-state index contributed by atoms with van der Waals surface area (Å²) in [5.41, 5.74) is 1.22. The highest BCUT2D eigenvalue weighted by Gasteiger charge is 2.11. The first-order valence-electron chi connectivity index (χ1n) is 7.21. The lowest BCUT2D eigenvalue weighted by atomic mass is 10.0. The Hall–Kier alpha value is -2.06. The Morgan fingerprint density at radius 2 is 1.60 bits per heavy atom. The van der Waals surface area contributed by atoms with E-state index in [9.17, 15) is 0 Å². The van der Waals surface area contributed by atoms with Crippen LogP contribution in [0.3, 0.4) is 0 Å². The van der Waals surface area contributed by atoms with Crippen molar-refractivity contribution < 1.29 is 0 Å². The summed E-state index contributed by atoms with van der Waals surface area (Å²) in [5, 5.41) is 8.45. The molecule has 99 valence electrons. The van der Waals surface area contributed by atoms with Crippen molar-refractivity contribution >= 4 is 27.2 Å². The fourth-order valence-corrected chi connectivity index (χ4v) is 2.94. The molecule has 3 aromatic carbocycles. The van der Waals surface area contributed by atoms with Gasteiger partial charge in [0, 0.05) is 37.9 Å². The van der Waals surface area contributed by atoms with Gasteiger partial charge >= 0.3 is 0 Å². The van der Waals surface area contributed by atoms with Gasteiger partial charge in [-0.1, -0.05) is 30.3 Å². The third-order valence-electron chi connectivity index (χ3n) is 4.06. The maximum atomic E-state index is 3.59. The Morgan fingerprint density at radius 3 is 2.40 bits per heavy atom. The Morgan fingerprint density at radius 1 is 0.850 bits per heavy atom. The molecule has 1 aliphatic rings. The number of hydrogen-bond acceptors (Lipinski definition) is 2. The molecule has 0 amide bonds. The normalized spacial score (nSPS) is 15.9. The van der Waals surface area contributed by atoms with Crippen LogP contribution >= 0.6 is 0 Å². The van der Waals surface area contributed by atoms with E-state index in [1.165, 1.54) is 27.2 Å². The molecule has 2 nitrogen and oxygen atoms in total. The van der Waals surface area contributed by atoms with E-state index >= 15 is 0 Å². The first-order chi connectivity index (χ1) is 9.90. The van der Waals surface area contributed by atoms with Gasteiger partial charge in [-0.2, -0.15) is 0 Å². The van der Waals surface area contributed by atoms with Crippen LogP contribution in [-0.4, -0.2) is 26.2 Å². The number of nitrogens with zero attached hydrogens (tertiary/aromatic N) is 1. The fraction of sp³-hybridized carbons (Fsp3) is 0.222. The van der Waals surface area contributed by atoms with Crippen LogP contribution in [0.25, 0.3) is 21.5 Å². The molecular formula is C18H17N2. The van der Waals surface area contributed by atoms with E-state index in [1.807, 2.05) is 0 Å².